The number of anilines is 1. The summed E-state index contributed by atoms with van der Waals surface area (Å²) in [7, 11) is 0. The van der Waals surface area contributed by atoms with E-state index in [-0.39, 0.29) is 12.5 Å². The van der Waals surface area contributed by atoms with Crippen molar-refractivity contribution in [2.75, 3.05) is 11.4 Å². The molecular weight excluding hydrogens is 330 g/mol. The number of amides is 1. The number of nitrogens with zero attached hydrogens (tertiary/aromatic N) is 3. The Balaban J connectivity index is 1.75. The monoisotopic (exact) mass is 343 g/mol. The van der Waals surface area contributed by atoms with E-state index in [9.17, 15) is 9.59 Å². The summed E-state index contributed by atoms with van der Waals surface area (Å²) in [4.78, 5) is 25.4. The summed E-state index contributed by atoms with van der Waals surface area (Å²) >= 11 is 6.13. The average molecular weight is 344 g/mol. The van der Waals surface area contributed by atoms with E-state index in [1.165, 1.54) is 0 Å². The van der Waals surface area contributed by atoms with E-state index in [0.29, 0.717) is 23.8 Å². The highest BCUT2D eigenvalue weighted by atomic mass is 35.5. The molecule has 0 spiro atoms. The van der Waals surface area contributed by atoms with Gasteiger partial charge in [0.1, 0.15) is 12.2 Å². The van der Waals surface area contributed by atoms with Crippen LogP contribution in [0.2, 0.25) is 5.02 Å². The first-order valence-corrected chi connectivity index (χ1v) is 7.89. The number of halogens is 1. The molecular formula is C17H14ClN3O3. The Labute approximate surface area is 142 Å². The van der Waals surface area contributed by atoms with Gasteiger partial charge in [-0.15, -0.1) is 0 Å². The topological polar surface area (TPSA) is 67.5 Å². The van der Waals surface area contributed by atoms with Crippen LogP contribution in [0.5, 0.6) is 0 Å². The minimum Gasteiger partial charge on any atom is -0.480 e. The molecule has 4 rings (SSSR count). The molecule has 24 heavy (non-hydrogen) atoms. The molecule has 7 heteroatoms. The van der Waals surface area contributed by atoms with Crippen LogP contribution in [0.4, 0.5) is 5.69 Å². The first-order chi connectivity index (χ1) is 11.5. The average Bonchev–Trinajstić information content (AvgIpc) is 3.12. The van der Waals surface area contributed by atoms with E-state index >= 15 is 0 Å². The minimum absolute atomic E-state index is 0.115. The third-order valence-electron chi connectivity index (χ3n) is 4.30. The van der Waals surface area contributed by atoms with Crippen molar-refractivity contribution in [2.45, 2.75) is 13.1 Å². The second kappa shape index (κ2) is 5.42. The summed E-state index contributed by atoms with van der Waals surface area (Å²) in [6, 6.07) is 9.20. The molecule has 6 nitrogen and oxygen atoms in total. The molecule has 0 radical (unpaired) electrons. The van der Waals surface area contributed by atoms with E-state index in [1.807, 2.05) is 35.0 Å². The van der Waals surface area contributed by atoms with E-state index in [0.717, 1.165) is 16.6 Å². The summed E-state index contributed by atoms with van der Waals surface area (Å²) in [6.07, 6.45) is 3.55. The molecule has 3 heterocycles. The van der Waals surface area contributed by atoms with Crippen LogP contribution in [0.3, 0.4) is 0 Å². The SMILES string of the molecule is O=C(O)Cn1ccc2ccc(N3CCn4ccc(Cl)c4C3=O)cc21. The molecule has 0 aliphatic carbocycles. The number of aliphatic carboxylic acids is 1. The van der Waals surface area contributed by atoms with Crippen molar-refractivity contribution in [3.05, 3.63) is 53.4 Å². The van der Waals surface area contributed by atoms with Gasteiger partial charge in [0.15, 0.2) is 0 Å². The highest BCUT2D eigenvalue weighted by Crippen LogP contribution is 2.29. The van der Waals surface area contributed by atoms with Gasteiger partial charge < -0.3 is 19.1 Å². The zero-order valence-electron chi connectivity index (χ0n) is 12.6. The summed E-state index contributed by atoms with van der Waals surface area (Å²) < 4.78 is 3.51. The molecule has 0 saturated heterocycles. The van der Waals surface area contributed by atoms with Crippen molar-refractivity contribution in [3.8, 4) is 0 Å². The maximum Gasteiger partial charge on any atom is 0.323 e. The Morgan fingerprint density at radius 1 is 1.17 bits per heavy atom. The molecule has 2 aromatic heterocycles. The van der Waals surface area contributed by atoms with Gasteiger partial charge in [-0.05, 0) is 29.7 Å². The van der Waals surface area contributed by atoms with Crippen molar-refractivity contribution in [1.29, 1.82) is 0 Å². The van der Waals surface area contributed by atoms with E-state index < -0.39 is 5.97 Å². The van der Waals surface area contributed by atoms with Gasteiger partial charge in [-0.1, -0.05) is 17.7 Å². The fourth-order valence-electron chi connectivity index (χ4n) is 3.16. The third kappa shape index (κ3) is 2.27. The quantitative estimate of drug-likeness (QED) is 0.795. The zero-order chi connectivity index (χ0) is 16.8. The molecule has 0 atom stereocenters. The van der Waals surface area contributed by atoms with Crippen LogP contribution in [0.15, 0.2) is 42.7 Å². The Morgan fingerprint density at radius 3 is 2.79 bits per heavy atom. The summed E-state index contributed by atoms with van der Waals surface area (Å²) in [5.74, 6) is -1.05. The summed E-state index contributed by atoms with van der Waals surface area (Å²) in [5, 5.41) is 10.4. The highest BCUT2D eigenvalue weighted by Gasteiger charge is 2.28. The van der Waals surface area contributed by atoms with Gasteiger partial charge in [0.2, 0.25) is 0 Å². The van der Waals surface area contributed by atoms with Gasteiger partial charge in [0, 0.05) is 31.2 Å². The number of aromatic nitrogens is 2. The fraction of sp³-hybridized carbons (Fsp3) is 0.176. The van der Waals surface area contributed by atoms with Crippen molar-refractivity contribution in [3.63, 3.8) is 0 Å². The van der Waals surface area contributed by atoms with E-state index in [2.05, 4.69) is 0 Å². The number of hydrogen-bond donors (Lipinski definition) is 1. The number of benzene rings is 1. The Kier molecular flexibility index (Phi) is 3.35. The Hall–Kier alpha value is -2.73. The first kappa shape index (κ1) is 14.8. The van der Waals surface area contributed by atoms with Crippen LogP contribution in [0, 0.1) is 0 Å². The highest BCUT2D eigenvalue weighted by molar-refractivity contribution is 6.34. The minimum atomic E-state index is -0.906. The maximum atomic E-state index is 12.8. The predicted molar refractivity (Wildman–Crippen MR) is 90.7 cm³/mol. The molecule has 0 bridgehead atoms. The normalized spacial score (nSPS) is 14.2. The van der Waals surface area contributed by atoms with Gasteiger partial charge in [-0.2, -0.15) is 0 Å². The molecule has 1 aliphatic heterocycles. The lowest BCUT2D eigenvalue weighted by Gasteiger charge is -2.28. The van der Waals surface area contributed by atoms with Crippen LogP contribution < -0.4 is 4.90 Å². The van der Waals surface area contributed by atoms with Crippen LogP contribution in [-0.2, 0) is 17.9 Å². The van der Waals surface area contributed by atoms with Crippen molar-refractivity contribution in [2.24, 2.45) is 0 Å². The largest absolute Gasteiger partial charge is 0.480 e. The molecule has 0 unspecified atom stereocenters. The second-order valence-electron chi connectivity index (χ2n) is 5.74. The lowest BCUT2D eigenvalue weighted by molar-refractivity contribution is -0.137. The number of carbonyl (C=O) groups is 2. The predicted octanol–water partition coefficient (Wildman–Crippen LogP) is 2.84. The molecule has 0 fully saturated rings. The lowest BCUT2D eigenvalue weighted by Crippen LogP contribution is -2.40. The van der Waals surface area contributed by atoms with Gasteiger partial charge >= 0.3 is 5.97 Å². The lowest BCUT2D eigenvalue weighted by atomic mass is 10.2. The number of carboxylic acid groups (broad SMARTS) is 1. The maximum absolute atomic E-state index is 12.8. The molecule has 0 saturated carbocycles. The second-order valence-corrected chi connectivity index (χ2v) is 6.15. The zero-order valence-corrected chi connectivity index (χ0v) is 13.4. The van der Waals surface area contributed by atoms with Crippen LogP contribution in [0.25, 0.3) is 10.9 Å². The number of carbonyl (C=O) groups excluding carboxylic acids is 1. The number of carboxylic acids is 1. The molecule has 3 aromatic rings. The standard InChI is InChI=1S/C17H14ClN3O3/c18-13-4-6-19-7-8-21(17(24)16(13)19)12-2-1-11-3-5-20(10-15(22)23)14(11)9-12/h1-6,9H,7-8,10H2,(H,22,23). The molecule has 1 aromatic carbocycles. The summed E-state index contributed by atoms with van der Waals surface area (Å²) in [6.45, 7) is 1.10. The van der Waals surface area contributed by atoms with E-state index in [4.69, 9.17) is 16.7 Å². The molecule has 1 N–H and O–H groups in total. The molecule has 1 aliphatic rings. The number of rotatable bonds is 3. The Morgan fingerprint density at radius 2 is 2.00 bits per heavy atom. The van der Waals surface area contributed by atoms with Gasteiger partial charge in [0.25, 0.3) is 5.91 Å². The van der Waals surface area contributed by atoms with Gasteiger partial charge in [0.05, 0.1) is 10.5 Å². The first-order valence-electron chi connectivity index (χ1n) is 7.52. The Bertz CT molecular complexity index is 973. The van der Waals surface area contributed by atoms with Crippen LogP contribution in [0.1, 0.15) is 10.5 Å². The summed E-state index contributed by atoms with van der Waals surface area (Å²) in [5.41, 5.74) is 2.01. The number of hydrogen-bond acceptors (Lipinski definition) is 2. The molecule has 1 amide bonds. The number of fused-ring (bicyclic) bond motifs is 2. The smallest absolute Gasteiger partial charge is 0.323 e. The van der Waals surface area contributed by atoms with E-state index in [1.54, 1.807) is 21.7 Å². The fourth-order valence-corrected chi connectivity index (χ4v) is 3.41. The van der Waals surface area contributed by atoms with Crippen LogP contribution in [-0.4, -0.2) is 32.7 Å². The third-order valence-corrected chi connectivity index (χ3v) is 4.61. The van der Waals surface area contributed by atoms with Crippen LogP contribution >= 0.6 is 11.6 Å². The van der Waals surface area contributed by atoms with Crippen molar-refractivity contribution < 1.29 is 14.7 Å². The van der Waals surface area contributed by atoms with Crippen molar-refractivity contribution >= 4 is 40.1 Å². The van der Waals surface area contributed by atoms with Gasteiger partial charge in [-0.25, -0.2) is 0 Å². The molecule has 122 valence electrons. The van der Waals surface area contributed by atoms with Gasteiger partial charge in [-0.3, -0.25) is 9.59 Å². The van der Waals surface area contributed by atoms with Crippen molar-refractivity contribution in [1.82, 2.24) is 9.13 Å².